The van der Waals surface area contributed by atoms with E-state index >= 15 is 0 Å². The van der Waals surface area contributed by atoms with Crippen LogP contribution in [0.25, 0.3) is 0 Å². The number of hydrogen-bond donors (Lipinski definition) is 2. The Bertz CT molecular complexity index is 448. The van der Waals surface area contributed by atoms with Crippen molar-refractivity contribution in [1.82, 2.24) is 9.97 Å². The quantitative estimate of drug-likeness (QED) is 0.806. The largest absolute Gasteiger partial charge is 0.480 e. The average molecular weight is 237 g/mol. The predicted octanol–water partition coefficient (Wildman–Crippen LogP) is 0.743. The van der Waals surface area contributed by atoms with Crippen molar-refractivity contribution in [2.24, 2.45) is 0 Å². The molecule has 0 aliphatic carbocycles. The van der Waals surface area contributed by atoms with Gasteiger partial charge in [-0.1, -0.05) is 0 Å². The van der Waals surface area contributed by atoms with Crippen molar-refractivity contribution in [3.05, 3.63) is 17.0 Å². The van der Waals surface area contributed by atoms with E-state index < -0.39 is 12.0 Å². The molecule has 1 aliphatic rings. The number of ether oxygens (including phenoxy) is 1. The highest BCUT2D eigenvalue weighted by atomic mass is 16.5. The lowest BCUT2D eigenvalue weighted by atomic mass is 10.1. The van der Waals surface area contributed by atoms with Gasteiger partial charge in [-0.15, -0.1) is 0 Å². The van der Waals surface area contributed by atoms with Gasteiger partial charge in [0.15, 0.2) is 0 Å². The average Bonchev–Trinajstić information content (AvgIpc) is 2.29. The second-order valence-corrected chi connectivity index (χ2v) is 4.06. The van der Waals surface area contributed by atoms with Gasteiger partial charge >= 0.3 is 5.97 Å². The number of hydrogen-bond acceptors (Lipinski definition) is 5. The summed E-state index contributed by atoms with van der Waals surface area (Å²) >= 11 is 0. The standard InChI is InChI=1S/C11H15N3O3/c1-6-8-5-17-4-3-9(8)14-11(12-6)13-7(2)10(15)16/h7H,3-5H2,1-2H3,(H,15,16)(H,12,13,14). The maximum Gasteiger partial charge on any atom is 0.325 e. The fourth-order valence-corrected chi connectivity index (χ4v) is 1.71. The smallest absolute Gasteiger partial charge is 0.325 e. The Morgan fingerprint density at radius 3 is 3.00 bits per heavy atom. The van der Waals surface area contributed by atoms with E-state index in [1.807, 2.05) is 6.92 Å². The topological polar surface area (TPSA) is 84.3 Å². The first-order chi connectivity index (χ1) is 8.08. The number of aliphatic carboxylic acids is 1. The minimum Gasteiger partial charge on any atom is -0.480 e. The van der Waals surface area contributed by atoms with E-state index in [1.54, 1.807) is 6.92 Å². The lowest BCUT2D eigenvalue weighted by Gasteiger charge is -2.19. The van der Waals surface area contributed by atoms with Crippen molar-refractivity contribution in [2.45, 2.75) is 32.9 Å². The van der Waals surface area contributed by atoms with Crippen LogP contribution < -0.4 is 5.32 Å². The van der Waals surface area contributed by atoms with E-state index in [4.69, 9.17) is 9.84 Å². The second-order valence-electron chi connectivity index (χ2n) is 4.06. The summed E-state index contributed by atoms with van der Waals surface area (Å²) in [5.41, 5.74) is 2.81. The van der Waals surface area contributed by atoms with E-state index in [0.29, 0.717) is 19.2 Å². The molecule has 0 aromatic carbocycles. The van der Waals surface area contributed by atoms with Gasteiger partial charge in [0.1, 0.15) is 6.04 Å². The molecule has 1 atom stereocenters. The van der Waals surface area contributed by atoms with E-state index in [2.05, 4.69) is 15.3 Å². The molecule has 0 saturated heterocycles. The number of nitrogens with one attached hydrogen (secondary N) is 1. The van der Waals surface area contributed by atoms with Crippen molar-refractivity contribution in [3.8, 4) is 0 Å². The van der Waals surface area contributed by atoms with Crippen LogP contribution in [0, 0.1) is 6.92 Å². The molecule has 2 N–H and O–H groups in total. The molecule has 2 rings (SSSR count). The maximum atomic E-state index is 10.7. The summed E-state index contributed by atoms with van der Waals surface area (Å²) in [6, 6.07) is -0.702. The van der Waals surface area contributed by atoms with Gasteiger partial charge in [0, 0.05) is 17.7 Å². The number of rotatable bonds is 3. The molecule has 0 spiro atoms. The monoisotopic (exact) mass is 237 g/mol. The third-order valence-corrected chi connectivity index (χ3v) is 2.75. The first-order valence-corrected chi connectivity index (χ1v) is 5.51. The predicted molar refractivity (Wildman–Crippen MR) is 60.8 cm³/mol. The molecular formula is C11H15N3O3. The van der Waals surface area contributed by atoms with Crippen molar-refractivity contribution < 1.29 is 14.6 Å². The van der Waals surface area contributed by atoms with Gasteiger partial charge < -0.3 is 15.2 Å². The molecule has 6 nitrogen and oxygen atoms in total. The highest BCUT2D eigenvalue weighted by molar-refractivity contribution is 5.75. The third-order valence-electron chi connectivity index (χ3n) is 2.75. The zero-order valence-electron chi connectivity index (χ0n) is 9.86. The SMILES string of the molecule is Cc1nc(NC(C)C(=O)O)nc2c1COCC2. The fraction of sp³-hybridized carbons (Fsp3) is 0.545. The van der Waals surface area contributed by atoms with Crippen LogP contribution in [0.5, 0.6) is 0 Å². The van der Waals surface area contributed by atoms with Gasteiger partial charge in [-0.05, 0) is 13.8 Å². The summed E-state index contributed by atoms with van der Waals surface area (Å²) in [4.78, 5) is 19.3. The number of aromatic nitrogens is 2. The minimum absolute atomic E-state index is 0.373. The van der Waals surface area contributed by atoms with Crippen molar-refractivity contribution in [3.63, 3.8) is 0 Å². The maximum absolute atomic E-state index is 10.7. The van der Waals surface area contributed by atoms with Crippen LogP contribution >= 0.6 is 0 Å². The van der Waals surface area contributed by atoms with E-state index in [1.165, 1.54) is 0 Å². The van der Waals surface area contributed by atoms with E-state index in [0.717, 1.165) is 23.4 Å². The molecule has 2 heterocycles. The van der Waals surface area contributed by atoms with Crippen molar-refractivity contribution in [1.29, 1.82) is 0 Å². The molecule has 1 aromatic heterocycles. The van der Waals surface area contributed by atoms with Crippen LogP contribution in [0.4, 0.5) is 5.95 Å². The highest BCUT2D eigenvalue weighted by Crippen LogP contribution is 2.19. The van der Waals surface area contributed by atoms with Gasteiger partial charge in [0.2, 0.25) is 5.95 Å². The second kappa shape index (κ2) is 4.67. The Labute approximate surface area is 99.0 Å². The Hall–Kier alpha value is -1.69. The molecule has 17 heavy (non-hydrogen) atoms. The van der Waals surface area contributed by atoms with Crippen LogP contribution in [-0.2, 0) is 22.6 Å². The summed E-state index contributed by atoms with van der Waals surface area (Å²) in [5, 5.41) is 11.6. The summed E-state index contributed by atoms with van der Waals surface area (Å²) in [7, 11) is 0. The number of aryl methyl sites for hydroxylation is 1. The van der Waals surface area contributed by atoms with E-state index in [-0.39, 0.29) is 0 Å². The van der Waals surface area contributed by atoms with Gasteiger partial charge in [-0.3, -0.25) is 4.79 Å². The first-order valence-electron chi connectivity index (χ1n) is 5.51. The number of nitrogens with zero attached hydrogens (tertiary/aromatic N) is 2. The van der Waals surface area contributed by atoms with Crippen LogP contribution in [0.1, 0.15) is 23.9 Å². The van der Waals surface area contributed by atoms with Gasteiger partial charge in [-0.2, -0.15) is 0 Å². The molecule has 1 aromatic rings. The van der Waals surface area contributed by atoms with Crippen molar-refractivity contribution in [2.75, 3.05) is 11.9 Å². The summed E-state index contributed by atoms with van der Waals surface area (Å²) in [6.07, 6.45) is 0.745. The number of anilines is 1. The van der Waals surface area contributed by atoms with Crippen LogP contribution in [0.15, 0.2) is 0 Å². The van der Waals surface area contributed by atoms with Crippen LogP contribution in [0.2, 0.25) is 0 Å². The third kappa shape index (κ3) is 2.52. The molecule has 0 amide bonds. The zero-order valence-corrected chi connectivity index (χ0v) is 9.86. The highest BCUT2D eigenvalue weighted by Gasteiger charge is 2.18. The molecule has 6 heteroatoms. The minimum atomic E-state index is -0.924. The first kappa shape index (κ1) is 11.8. The molecular weight excluding hydrogens is 222 g/mol. The van der Waals surface area contributed by atoms with Crippen LogP contribution in [-0.4, -0.2) is 33.7 Å². The van der Waals surface area contributed by atoms with Crippen LogP contribution in [0.3, 0.4) is 0 Å². The molecule has 92 valence electrons. The number of fused-ring (bicyclic) bond motifs is 1. The summed E-state index contributed by atoms with van der Waals surface area (Å²) < 4.78 is 5.34. The Balaban J connectivity index is 2.25. The van der Waals surface area contributed by atoms with Gasteiger partial charge in [0.05, 0.1) is 18.9 Å². The Morgan fingerprint density at radius 2 is 2.29 bits per heavy atom. The summed E-state index contributed by atoms with van der Waals surface area (Å²) in [6.45, 7) is 4.63. The lowest BCUT2D eigenvalue weighted by Crippen LogP contribution is -2.27. The zero-order chi connectivity index (χ0) is 12.4. The molecule has 0 saturated carbocycles. The normalized spacial score (nSPS) is 16.1. The number of carboxylic acids is 1. The number of carbonyl (C=O) groups is 1. The summed E-state index contributed by atoms with van der Waals surface area (Å²) in [5.74, 6) is -0.551. The molecule has 0 bridgehead atoms. The molecule has 0 fully saturated rings. The fourth-order valence-electron chi connectivity index (χ4n) is 1.71. The molecule has 1 unspecified atom stereocenters. The molecule has 1 aliphatic heterocycles. The molecule has 0 radical (unpaired) electrons. The Morgan fingerprint density at radius 1 is 1.53 bits per heavy atom. The number of carboxylic acid groups (broad SMARTS) is 1. The van der Waals surface area contributed by atoms with E-state index in [9.17, 15) is 4.79 Å². The van der Waals surface area contributed by atoms with Gasteiger partial charge in [-0.25, -0.2) is 9.97 Å². The lowest BCUT2D eigenvalue weighted by molar-refractivity contribution is -0.137. The van der Waals surface area contributed by atoms with Gasteiger partial charge in [0.25, 0.3) is 0 Å². The Kier molecular flexibility index (Phi) is 3.23. The van der Waals surface area contributed by atoms with Crippen molar-refractivity contribution >= 4 is 11.9 Å².